The smallest absolute Gasteiger partial charge is 0.341 e. The van der Waals surface area contributed by atoms with Gasteiger partial charge in [0, 0.05) is 43.3 Å². The van der Waals surface area contributed by atoms with Crippen molar-refractivity contribution in [2.75, 3.05) is 32.9 Å². The van der Waals surface area contributed by atoms with Crippen molar-refractivity contribution in [1.29, 1.82) is 0 Å². The number of nitrogens with zero attached hydrogens (tertiary/aromatic N) is 1. The molecule has 2 aromatic rings. The third kappa shape index (κ3) is 9.00. The maximum atomic E-state index is 13.6. The Morgan fingerprint density at radius 3 is 2.46 bits per heavy atom. The monoisotopic (exact) mass is 573 g/mol. The molecule has 1 atom stereocenters. The summed E-state index contributed by atoms with van der Waals surface area (Å²) < 4.78 is 18.5. The number of carboxylic acids is 1. The topological polar surface area (TPSA) is 90.9 Å². The summed E-state index contributed by atoms with van der Waals surface area (Å²) in [5, 5.41) is 15.9. The van der Waals surface area contributed by atoms with E-state index >= 15 is 0 Å². The van der Waals surface area contributed by atoms with E-state index in [1.54, 1.807) is 12.1 Å². The van der Waals surface area contributed by atoms with Crippen LogP contribution in [0.15, 0.2) is 36.4 Å². The third-order valence-corrected chi connectivity index (χ3v) is 7.39. The van der Waals surface area contributed by atoms with Crippen molar-refractivity contribution in [1.82, 2.24) is 15.5 Å². The average molecular weight is 575 g/mol. The molecule has 2 aliphatic heterocycles. The first-order chi connectivity index (χ1) is 17.6. The van der Waals surface area contributed by atoms with Crippen LogP contribution in [-0.2, 0) is 9.59 Å². The highest BCUT2D eigenvalue weighted by molar-refractivity contribution is 6.35. The molecule has 0 bridgehead atoms. The van der Waals surface area contributed by atoms with Crippen LogP contribution in [0.3, 0.4) is 0 Å². The van der Waals surface area contributed by atoms with Gasteiger partial charge in [-0.3, -0.25) is 10.1 Å². The second kappa shape index (κ2) is 13.6. The number of carbonyl (C=O) groups excluding carboxylic acids is 1. The number of hydrogen-bond acceptors (Lipinski definition) is 5. The molecule has 0 saturated carbocycles. The van der Waals surface area contributed by atoms with Gasteiger partial charge in [0.05, 0.1) is 10.0 Å². The number of likely N-dealkylation sites (tertiary alicyclic amines) is 1. The molecular weight excluding hydrogens is 544 g/mol. The summed E-state index contributed by atoms with van der Waals surface area (Å²) in [6.07, 6.45) is 3.18. The number of aliphatic carboxylic acids is 1. The molecule has 0 aromatic heterocycles. The van der Waals surface area contributed by atoms with Gasteiger partial charge in [-0.25, -0.2) is 9.18 Å². The van der Waals surface area contributed by atoms with Gasteiger partial charge < -0.3 is 20.1 Å². The normalized spacial score (nSPS) is 19.8. The molecule has 2 aliphatic rings. The zero-order valence-corrected chi connectivity index (χ0v) is 22.8. The Kier molecular flexibility index (Phi) is 10.8. The van der Waals surface area contributed by atoms with Crippen molar-refractivity contribution in [2.24, 2.45) is 0 Å². The number of piperidine rings is 1. The minimum Gasteiger partial charge on any atom is -0.480 e. The fraction of sp³-hybridized carbons (Fsp3) is 0.462. The van der Waals surface area contributed by atoms with E-state index in [0.29, 0.717) is 28.1 Å². The minimum atomic E-state index is -1.05. The lowest BCUT2D eigenvalue weighted by atomic mass is 9.89. The van der Waals surface area contributed by atoms with Crippen LogP contribution in [0.25, 0.3) is 0 Å². The minimum absolute atomic E-state index is 0.0226. The second-order valence-corrected chi connectivity index (χ2v) is 10.7. The van der Waals surface area contributed by atoms with Crippen LogP contribution in [0.5, 0.6) is 5.75 Å². The molecule has 2 fully saturated rings. The number of amides is 1. The summed E-state index contributed by atoms with van der Waals surface area (Å²) in [4.78, 5) is 24.5. The predicted molar refractivity (Wildman–Crippen MR) is 143 cm³/mol. The van der Waals surface area contributed by atoms with Crippen LogP contribution in [0, 0.1) is 5.82 Å². The van der Waals surface area contributed by atoms with Gasteiger partial charge >= 0.3 is 5.97 Å². The average Bonchev–Trinajstić information content (AvgIpc) is 3.31. The summed E-state index contributed by atoms with van der Waals surface area (Å²) in [6, 6.07) is 9.63. The van der Waals surface area contributed by atoms with Gasteiger partial charge in [0.2, 0.25) is 5.91 Å². The number of halogens is 4. The van der Waals surface area contributed by atoms with Crippen LogP contribution in [0.2, 0.25) is 15.1 Å². The van der Waals surface area contributed by atoms with E-state index in [4.69, 9.17) is 44.6 Å². The van der Waals surface area contributed by atoms with E-state index in [0.717, 1.165) is 51.1 Å². The fourth-order valence-electron chi connectivity index (χ4n) is 4.35. The van der Waals surface area contributed by atoms with Crippen LogP contribution in [0.1, 0.15) is 44.1 Å². The van der Waals surface area contributed by atoms with Crippen molar-refractivity contribution >= 4 is 46.7 Å². The molecule has 0 spiro atoms. The molecule has 4 rings (SSSR count). The summed E-state index contributed by atoms with van der Waals surface area (Å²) in [5.74, 6) is -0.567. The second-order valence-electron chi connectivity index (χ2n) is 9.43. The highest BCUT2D eigenvalue weighted by Gasteiger charge is 2.30. The fourth-order valence-corrected chi connectivity index (χ4v) is 4.94. The highest BCUT2D eigenvalue weighted by atomic mass is 35.5. The Morgan fingerprint density at radius 2 is 1.86 bits per heavy atom. The Balaban J connectivity index is 0.000000248. The van der Waals surface area contributed by atoms with Gasteiger partial charge in [0.15, 0.2) is 6.61 Å². The van der Waals surface area contributed by atoms with Crippen molar-refractivity contribution in [2.45, 2.75) is 44.1 Å². The lowest BCUT2D eigenvalue weighted by Crippen LogP contribution is -2.42. The number of carbonyl (C=O) groups is 2. The van der Waals surface area contributed by atoms with E-state index in [-0.39, 0.29) is 22.3 Å². The number of benzene rings is 2. The first kappa shape index (κ1) is 29.5. The maximum absolute atomic E-state index is 13.6. The molecule has 2 saturated heterocycles. The number of hydrogen-bond donors (Lipinski definition) is 3. The lowest BCUT2D eigenvalue weighted by molar-refractivity contribution is -0.139. The third-order valence-electron chi connectivity index (χ3n) is 6.55. The van der Waals surface area contributed by atoms with Gasteiger partial charge in [-0.1, -0.05) is 40.9 Å². The molecule has 37 heavy (non-hydrogen) atoms. The molecule has 3 N–H and O–H groups in total. The van der Waals surface area contributed by atoms with E-state index in [2.05, 4.69) is 17.6 Å². The van der Waals surface area contributed by atoms with E-state index in [9.17, 15) is 14.0 Å². The molecule has 202 valence electrons. The zero-order valence-electron chi connectivity index (χ0n) is 20.5. The quantitative estimate of drug-likeness (QED) is 0.414. The number of ether oxygens (including phenoxy) is 1. The summed E-state index contributed by atoms with van der Waals surface area (Å²) in [5.41, 5.74) is 1.01. The van der Waals surface area contributed by atoms with E-state index in [1.807, 2.05) is 11.0 Å². The molecule has 7 nitrogen and oxygen atoms in total. The standard InChI is InChI=1S/C18H25ClFN3O.C8H6Cl2O3/c1-18(11-21-12-22-18)7-4-17(24)23-8-5-13(6-9-23)14-2-3-15(19)16(20)10-14;9-5-1-2-7(6(10)3-5)13-4-8(11)12/h2-3,10,13,21-22H,4-9,11-12H2,1H3;1-3H,4H2,(H,11,12). The Labute approximate surface area is 231 Å². The van der Waals surface area contributed by atoms with Crippen LogP contribution in [0.4, 0.5) is 4.39 Å². The van der Waals surface area contributed by atoms with Gasteiger partial charge in [-0.15, -0.1) is 0 Å². The van der Waals surface area contributed by atoms with E-state index < -0.39 is 12.6 Å². The number of rotatable bonds is 7. The van der Waals surface area contributed by atoms with Gasteiger partial charge in [0.25, 0.3) is 0 Å². The van der Waals surface area contributed by atoms with Crippen LogP contribution < -0.4 is 15.4 Å². The molecule has 2 aromatic carbocycles. The number of nitrogens with one attached hydrogen (secondary N) is 2. The van der Waals surface area contributed by atoms with Gasteiger partial charge in [0.1, 0.15) is 11.6 Å². The largest absolute Gasteiger partial charge is 0.480 e. The predicted octanol–water partition coefficient (Wildman–Crippen LogP) is 5.33. The molecular formula is C26H31Cl3FN3O4. The molecule has 0 aliphatic carbocycles. The lowest BCUT2D eigenvalue weighted by Gasteiger charge is -2.33. The summed E-state index contributed by atoms with van der Waals surface area (Å²) in [7, 11) is 0. The first-order valence-corrected chi connectivity index (χ1v) is 13.2. The van der Waals surface area contributed by atoms with Crippen LogP contribution >= 0.6 is 34.8 Å². The number of carboxylic acid groups (broad SMARTS) is 1. The molecule has 0 radical (unpaired) electrons. The first-order valence-electron chi connectivity index (χ1n) is 12.0. The Hall–Kier alpha value is -2.10. The summed E-state index contributed by atoms with van der Waals surface area (Å²) in [6.45, 7) is 4.95. The molecule has 11 heteroatoms. The van der Waals surface area contributed by atoms with Crippen molar-refractivity contribution < 1.29 is 23.8 Å². The maximum Gasteiger partial charge on any atom is 0.341 e. The van der Waals surface area contributed by atoms with Gasteiger partial charge in [-0.05, 0) is 68.0 Å². The Bertz CT molecular complexity index is 1090. The highest BCUT2D eigenvalue weighted by Crippen LogP contribution is 2.31. The molecule has 2 heterocycles. The molecule has 1 unspecified atom stereocenters. The zero-order chi connectivity index (χ0) is 27.0. The Morgan fingerprint density at radius 1 is 1.14 bits per heavy atom. The SMILES string of the molecule is CC1(CCC(=O)N2CCC(c3ccc(Cl)c(F)c3)CC2)CNCN1.O=C(O)COc1ccc(Cl)cc1Cl. The van der Waals surface area contributed by atoms with Crippen LogP contribution in [-0.4, -0.2) is 60.3 Å². The molecule has 1 amide bonds. The van der Waals surface area contributed by atoms with Crippen molar-refractivity contribution in [3.05, 3.63) is 62.8 Å². The summed E-state index contributed by atoms with van der Waals surface area (Å²) >= 11 is 17.1. The van der Waals surface area contributed by atoms with Gasteiger partial charge in [-0.2, -0.15) is 0 Å². The van der Waals surface area contributed by atoms with Crippen molar-refractivity contribution in [3.8, 4) is 5.75 Å². The van der Waals surface area contributed by atoms with Crippen molar-refractivity contribution in [3.63, 3.8) is 0 Å². The van der Waals surface area contributed by atoms with E-state index in [1.165, 1.54) is 18.2 Å².